The van der Waals surface area contributed by atoms with E-state index in [1.165, 1.54) is 167 Å². The van der Waals surface area contributed by atoms with Crippen LogP contribution in [-0.2, 0) is 18.4 Å². The Morgan fingerprint density at radius 1 is 0.596 bits per heavy atom. The fourth-order valence-electron chi connectivity index (χ4n) is 7.19. The number of aliphatic hydroxyl groups excluding tert-OH is 2. The molecule has 0 saturated heterocycles. The number of rotatable bonds is 45. The van der Waals surface area contributed by atoms with E-state index >= 15 is 0 Å². The van der Waals surface area contributed by atoms with Crippen LogP contribution < -0.4 is 11.1 Å². The molecule has 6 N–H and O–H groups in total. The van der Waals surface area contributed by atoms with Gasteiger partial charge in [0.25, 0.3) is 0 Å². The monoisotopic (exact) mass is 829 g/mol. The van der Waals surface area contributed by atoms with Crippen LogP contribution in [0, 0.1) is 0 Å². The van der Waals surface area contributed by atoms with Crippen LogP contribution in [0.1, 0.15) is 232 Å². The molecule has 57 heavy (non-hydrogen) atoms. The van der Waals surface area contributed by atoms with Gasteiger partial charge in [-0.05, 0) is 32.1 Å². The van der Waals surface area contributed by atoms with E-state index in [1.54, 1.807) is 6.08 Å². The Balaban J connectivity index is 4.28. The molecule has 0 aromatic rings. The van der Waals surface area contributed by atoms with Crippen LogP contribution in [0.25, 0.3) is 0 Å². The second-order valence-electron chi connectivity index (χ2n) is 16.5. The predicted molar refractivity (Wildman–Crippen MR) is 241 cm³/mol. The number of hydrogen-bond donors (Lipinski definition) is 5. The van der Waals surface area contributed by atoms with Gasteiger partial charge in [0.15, 0.2) is 0 Å². The summed E-state index contributed by atoms with van der Waals surface area (Å²) in [5.41, 5.74) is 5.37. The number of allylic oxidation sites excluding steroid dienone is 3. The Morgan fingerprint density at radius 2 is 1.00 bits per heavy atom. The molecule has 0 aliphatic heterocycles. The zero-order chi connectivity index (χ0) is 41.9. The van der Waals surface area contributed by atoms with Gasteiger partial charge in [-0.15, -0.1) is 0 Å². The maximum absolute atomic E-state index is 12.8. The Morgan fingerprint density at radius 3 is 1.46 bits per heavy atom. The highest BCUT2D eigenvalue weighted by atomic mass is 31.2. The van der Waals surface area contributed by atoms with Crippen molar-refractivity contribution < 1.29 is 33.5 Å². The van der Waals surface area contributed by atoms with Crippen molar-refractivity contribution in [3.05, 3.63) is 24.3 Å². The van der Waals surface area contributed by atoms with Crippen LogP contribution in [0.2, 0.25) is 0 Å². The summed E-state index contributed by atoms with van der Waals surface area (Å²) in [4.78, 5) is 22.8. The molecular weight excluding hydrogens is 735 g/mol. The van der Waals surface area contributed by atoms with Gasteiger partial charge < -0.3 is 26.2 Å². The summed E-state index contributed by atoms with van der Waals surface area (Å²) in [7, 11) is -4.41. The lowest BCUT2D eigenvalue weighted by atomic mass is 10.0. The second-order valence-corrected chi connectivity index (χ2v) is 18.0. The Labute approximate surface area is 351 Å². The van der Waals surface area contributed by atoms with Crippen LogP contribution in [0.5, 0.6) is 0 Å². The van der Waals surface area contributed by atoms with Gasteiger partial charge in [0, 0.05) is 6.54 Å². The lowest BCUT2D eigenvalue weighted by molar-refractivity contribution is -0.124. The number of amides is 1. The predicted octanol–water partition coefficient (Wildman–Crippen LogP) is 12.7. The minimum atomic E-state index is -4.41. The van der Waals surface area contributed by atoms with E-state index in [0.29, 0.717) is 12.8 Å². The van der Waals surface area contributed by atoms with Crippen molar-refractivity contribution >= 4 is 13.7 Å². The average Bonchev–Trinajstić information content (AvgIpc) is 3.19. The molecule has 4 unspecified atom stereocenters. The van der Waals surface area contributed by atoms with Crippen molar-refractivity contribution in [2.75, 3.05) is 19.8 Å². The number of nitrogens with two attached hydrogens (primary N) is 1. The number of hydrogen-bond acceptors (Lipinski definition) is 7. The molecule has 4 atom stereocenters. The van der Waals surface area contributed by atoms with Gasteiger partial charge >= 0.3 is 7.82 Å². The Bertz CT molecular complexity index is 966. The molecule has 0 aliphatic rings. The lowest BCUT2D eigenvalue weighted by Gasteiger charge is -2.24. The van der Waals surface area contributed by atoms with Gasteiger partial charge in [0.05, 0.1) is 37.9 Å². The smallest absolute Gasteiger partial charge is 0.393 e. The number of carbonyl (C=O) groups is 1. The third-order valence-electron chi connectivity index (χ3n) is 10.8. The van der Waals surface area contributed by atoms with Gasteiger partial charge in [0.1, 0.15) is 0 Å². The fourth-order valence-corrected chi connectivity index (χ4v) is 7.95. The molecule has 0 fully saturated rings. The first-order valence-corrected chi connectivity index (χ1v) is 25.5. The van der Waals surface area contributed by atoms with E-state index in [-0.39, 0.29) is 19.6 Å². The summed E-state index contributed by atoms with van der Waals surface area (Å²) in [6, 6.07) is -0.996. The molecule has 0 saturated carbocycles. The van der Waals surface area contributed by atoms with Crippen LogP contribution in [0.15, 0.2) is 24.3 Å². The van der Waals surface area contributed by atoms with Crippen LogP contribution in [0.3, 0.4) is 0 Å². The van der Waals surface area contributed by atoms with Gasteiger partial charge in [-0.2, -0.15) is 0 Å². The third kappa shape index (κ3) is 41.5. The molecule has 338 valence electrons. The quantitative estimate of drug-likeness (QED) is 0.0231. The SMILES string of the molecule is CCCCCCCCCCCCCC/C=C/CC/C=C/C(O)C(COP(=O)(O)OCCN)NC(=O)CC(O)CCCCCCCCCCCCCCCCCCC. The standard InChI is InChI=1S/C47H93N2O7P/c1-3-5-7-9-11-13-15-17-19-21-23-25-27-29-31-33-35-37-39-46(51)45(43-56-57(53,54)55-41-40-48)49-47(52)42-44(50)38-36-34-32-30-28-26-24-22-20-18-16-14-12-10-8-6-4-2/h29,31,37,39,44-46,50-51H,3-28,30,32-36,38,40-43,48H2,1-2H3,(H,49,52)(H,53,54)/b31-29+,39-37+. The molecule has 0 aromatic carbocycles. The van der Waals surface area contributed by atoms with E-state index < -0.39 is 38.6 Å². The summed E-state index contributed by atoms with van der Waals surface area (Å²) in [5.74, 6) is -0.452. The van der Waals surface area contributed by atoms with E-state index in [1.807, 2.05) is 6.08 Å². The lowest BCUT2D eigenvalue weighted by Crippen LogP contribution is -2.46. The zero-order valence-corrected chi connectivity index (χ0v) is 38.1. The maximum Gasteiger partial charge on any atom is 0.472 e. The van der Waals surface area contributed by atoms with E-state index in [9.17, 15) is 24.5 Å². The van der Waals surface area contributed by atoms with E-state index in [2.05, 4.69) is 31.3 Å². The van der Waals surface area contributed by atoms with E-state index in [0.717, 1.165) is 32.1 Å². The van der Waals surface area contributed by atoms with Gasteiger partial charge in [0.2, 0.25) is 5.91 Å². The van der Waals surface area contributed by atoms with Crippen molar-refractivity contribution in [2.45, 2.75) is 250 Å². The summed E-state index contributed by atoms with van der Waals surface area (Å²) in [5, 5.41) is 24.1. The minimum absolute atomic E-state index is 0.0462. The van der Waals surface area contributed by atoms with Crippen LogP contribution in [-0.4, -0.2) is 59.0 Å². The molecule has 0 heterocycles. The van der Waals surface area contributed by atoms with Gasteiger partial charge in [-0.3, -0.25) is 13.8 Å². The molecular formula is C47H93N2O7P. The summed E-state index contributed by atoms with van der Waals surface area (Å²) < 4.78 is 22.1. The van der Waals surface area contributed by atoms with Gasteiger partial charge in [-0.1, -0.05) is 218 Å². The number of aliphatic hydroxyl groups is 2. The van der Waals surface area contributed by atoms with Crippen LogP contribution >= 0.6 is 7.82 Å². The minimum Gasteiger partial charge on any atom is -0.393 e. The van der Waals surface area contributed by atoms with Crippen molar-refractivity contribution in [3.63, 3.8) is 0 Å². The van der Waals surface area contributed by atoms with Crippen molar-refractivity contribution in [1.82, 2.24) is 5.32 Å². The highest BCUT2D eigenvalue weighted by molar-refractivity contribution is 7.47. The highest BCUT2D eigenvalue weighted by Crippen LogP contribution is 2.43. The van der Waals surface area contributed by atoms with Crippen molar-refractivity contribution in [3.8, 4) is 0 Å². The number of phosphoric ester groups is 1. The molecule has 0 radical (unpaired) electrons. The topological polar surface area (TPSA) is 151 Å². The first kappa shape index (κ1) is 55.9. The fraction of sp³-hybridized carbons (Fsp3) is 0.894. The molecule has 0 aromatic heterocycles. The van der Waals surface area contributed by atoms with Crippen LogP contribution in [0.4, 0.5) is 0 Å². The second kappa shape index (κ2) is 43.0. The molecule has 0 bridgehead atoms. The number of carbonyl (C=O) groups excluding carboxylic acids is 1. The van der Waals surface area contributed by atoms with Crippen molar-refractivity contribution in [1.29, 1.82) is 0 Å². The molecule has 0 aliphatic carbocycles. The third-order valence-corrected chi connectivity index (χ3v) is 11.8. The molecule has 1 amide bonds. The zero-order valence-electron chi connectivity index (χ0n) is 37.2. The largest absolute Gasteiger partial charge is 0.472 e. The number of phosphoric acid groups is 1. The van der Waals surface area contributed by atoms with E-state index in [4.69, 9.17) is 14.8 Å². The summed E-state index contributed by atoms with van der Waals surface area (Å²) >= 11 is 0. The first-order valence-electron chi connectivity index (χ1n) is 24.0. The Hall–Kier alpha value is -1.06. The first-order chi connectivity index (χ1) is 27.8. The molecule has 9 nitrogen and oxygen atoms in total. The Kier molecular flexibility index (Phi) is 42.2. The average molecular weight is 829 g/mol. The summed E-state index contributed by atoms with van der Waals surface area (Å²) in [6.45, 7) is 3.98. The van der Waals surface area contributed by atoms with Crippen molar-refractivity contribution in [2.24, 2.45) is 5.73 Å². The summed E-state index contributed by atoms with van der Waals surface area (Å²) in [6.07, 6.45) is 47.0. The molecule has 0 rings (SSSR count). The maximum atomic E-state index is 12.8. The highest BCUT2D eigenvalue weighted by Gasteiger charge is 2.27. The normalized spacial score (nSPS) is 14.7. The molecule has 0 spiro atoms. The molecule has 10 heteroatoms. The number of unbranched alkanes of at least 4 members (excludes halogenated alkanes) is 29. The van der Waals surface area contributed by atoms with Gasteiger partial charge in [-0.25, -0.2) is 4.57 Å². The number of nitrogens with one attached hydrogen (secondary N) is 1.